The van der Waals surface area contributed by atoms with Crippen LogP contribution in [0.4, 0.5) is 0 Å². The Morgan fingerprint density at radius 2 is 1.55 bits per heavy atom. The number of nitrogens with one attached hydrogen (secondary N) is 1. The Kier molecular flexibility index (Phi) is 5.96. The molecule has 9 heteroatoms. The minimum absolute atomic E-state index is 0.0866. The lowest BCUT2D eigenvalue weighted by Gasteiger charge is -2.35. The number of carbonyl (C=O) groups excluding carboxylic acids is 2. The summed E-state index contributed by atoms with van der Waals surface area (Å²) in [6.45, 7) is 3.62. The van der Waals surface area contributed by atoms with Crippen LogP contribution in [0, 0.1) is 5.92 Å². The zero-order chi connectivity index (χ0) is 20.4. The standard InChI is InChI=1S/C20H30N4O4S/c25-19(22-8-2-1-3-9-22)16-7-6-12-24(15-16)29(27,28)17-13-18(21-14-17)20(26)23-10-4-5-11-23/h13-14,16,21H,1-12,15H2/t16-/m1/s1. The van der Waals surface area contributed by atoms with Crippen molar-refractivity contribution in [3.05, 3.63) is 18.0 Å². The summed E-state index contributed by atoms with van der Waals surface area (Å²) in [7, 11) is -3.73. The van der Waals surface area contributed by atoms with Gasteiger partial charge < -0.3 is 14.8 Å². The summed E-state index contributed by atoms with van der Waals surface area (Å²) in [5.41, 5.74) is 0.309. The second-order valence-corrected chi connectivity index (χ2v) is 10.3. The normalized spacial score (nSPS) is 24.1. The van der Waals surface area contributed by atoms with E-state index in [1.54, 1.807) is 4.90 Å². The molecule has 1 aromatic heterocycles. The highest BCUT2D eigenvalue weighted by Crippen LogP contribution is 2.27. The number of H-pyrrole nitrogens is 1. The smallest absolute Gasteiger partial charge is 0.270 e. The van der Waals surface area contributed by atoms with Crippen LogP contribution in [0.5, 0.6) is 0 Å². The fourth-order valence-electron chi connectivity index (χ4n) is 4.62. The number of aromatic nitrogens is 1. The number of hydrogen-bond donors (Lipinski definition) is 1. The molecular formula is C20H30N4O4S. The van der Waals surface area contributed by atoms with Gasteiger partial charge in [-0.2, -0.15) is 4.31 Å². The van der Waals surface area contributed by atoms with Crippen molar-refractivity contribution in [3.8, 4) is 0 Å². The molecule has 0 bridgehead atoms. The molecule has 3 fully saturated rings. The highest BCUT2D eigenvalue weighted by Gasteiger charge is 2.36. The van der Waals surface area contributed by atoms with Gasteiger partial charge in [0.1, 0.15) is 10.6 Å². The van der Waals surface area contributed by atoms with E-state index in [2.05, 4.69) is 4.98 Å². The molecule has 29 heavy (non-hydrogen) atoms. The van der Waals surface area contributed by atoms with E-state index in [0.29, 0.717) is 31.7 Å². The van der Waals surface area contributed by atoms with Crippen molar-refractivity contribution in [2.45, 2.75) is 49.8 Å². The Bertz CT molecular complexity index is 854. The minimum atomic E-state index is -3.73. The maximum atomic E-state index is 13.1. The second kappa shape index (κ2) is 8.47. The van der Waals surface area contributed by atoms with Crippen LogP contribution in [-0.4, -0.2) is 78.6 Å². The van der Waals surface area contributed by atoms with E-state index >= 15 is 0 Å². The third-order valence-electron chi connectivity index (χ3n) is 6.32. The van der Waals surface area contributed by atoms with Crippen LogP contribution in [0.2, 0.25) is 0 Å². The van der Waals surface area contributed by atoms with Crippen molar-refractivity contribution in [1.29, 1.82) is 0 Å². The molecule has 160 valence electrons. The van der Waals surface area contributed by atoms with E-state index in [-0.39, 0.29) is 29.2 Å². The van der Waals surface area contributed by atoms with E-state index in [0.717, 1.165) is 51.6 Å². The lowest BCUT2D eigenvalue weighted by atomic mass is 9.97. The van der Waals surface area contributed by atoms with E-state index in [4.69, 9.17) is 0 Å². The highest BCUT2D eigenvalue weighted by atomic mass is 32.2. The molecule has 3 saturated heterocycles. The Hall–Kier alpha value is -1.87. The zero-order valence-corrected chi connectivity index (χ0v) is 17.6. The Labute approximate surface area is 172 Å². The van der Waals surface area contributed by atoms with Gasteiger partial charge in [-0.25, -0.2) is 8.42 Å². The lowest BCUT2D eigenvalue weighted by molar-refractivity contribution is -0.137. The summed E-state index contributed by atoms with van der Waals surface area (Å²) in [4.78, 5) is 32.0. The molecule has 4 rings (SSSR count). The van der Waals surface area contributed by atoms with E-state index in [9.17, 15) is 18.0 Å². The summed E-state index contributed by atoms with van der Waals surface area (Å²) in [5.74, 6) is -0.342. The number of rotatable bonds is 4. The highest BCUT2D eigenvalue weighted by molar-refractivity contribution is 7.89. The van der Waals surface area contributed by atoms with Crippen LogP contribution in [-0.2, 0) is 14.8 Å². The number of piperidine rings is 2. The fraction of sp³-hybridized carbons (Fsp3) is 0.700. The Balaban J connectivity index is 1.45. The average molecular weight is 423 g/mol. The maximum absolute atomic E-state index is 13.1. The van der Waals surface area contributed by atoms with Gasteiger partial charge in [-0.3, -0.25) is 9.59 Å². The van der Waals surface area contributed by atoms with Gasteiger partial charge in [0.05, 0.1) is 5.92 Å². The summed E-state index contributed by atoms with van der Waals surface area (Å²) >= 11 is 0. The van der Waals surface area contributed by atoms with Crippen molar-refractivity contribution in [3.63, 3.8) is 0 Å². The van der Waals surface area contributed by atoms with Crippen molar-refractivity contribution in [2.75, 3.05) is 39.3 Å². The molecule has 1 aromatic rings. The molecule has 3 aliphatic rings. The molecule has 0 aromatic carbocycles. The molecule has 3 aliphatic heterocycles. The maximum Gasteiger partial charge on any atom is 0.270 e. The van der Waals surface area contributed by atoms with E-state index in [1.165, 1.54) is 16.6 Å². The summed E-state index contributed by atoms with van der Waals surface area (Å²) in [5, 5.41) is 0. The zero-order valence-electron chi connectivity index (χ0n) is 16.8. The van der Waals surface area contributed by atoms with Crippen molar-refractivity contribution >= 4 is 21.8 Å². The van der Waals surface area contributed by atoms with Crippen LogP contribution in [0.1, 0.15) is 55.4 Å². The van der Waals surface area contributed by atoms with Crippen LogP contribution in [0.3, 0.4) is 0 Å². The first-order chi connectivity index (χ1) is 14.0. The molecule has 2 amide bonds. The molecule has 0 radical (unpaired) electrons. The molecule has 4 heterocycles. The minimum Gasteiger partial charge on any atom is -0.356 e. The first-order valence-corrected chi connectivity index (χ1v) is 12.2. The second-order valence-electron chi connectivity index (χ2n) is 8.34. The van der Waals surface area contributed by atoms with Gasteiger partial charge in [-0.05, 0) is 51.0 Å². The van der Waals surface area contributed by atoms with E-state index < -0.39 is 10.0 Å². The fourth-order valence-corrected chi connectivity index (χ4v) is 6.14. The topological polar surface area (TPSA) is 93.8 Å². The number of aromatic amines is 1. The molecule has 8 nitrogen and oxygen atoms in total. The number of amides is 2. The summed E-state index contributed by atoms with van der Waals surface area (Å²) in [6, 6.07) is 1.44. The van der Waals surface area contributed by atoms with Crippen molar-refractivity contribution in [1.82, 2.24) is 19.1 Å². The lowest BCUT2D eigenvalue weighted by Crippen LogP contribution is -2.47. The predicted molar refractivity (Wildman–Crippen MR) is 108 cm³/mol. The number of sulfonamides is 1. The van der Waals surface area contributed by atoms with Crippen LogP contribution in [0.25, 0.3) is 0 Å². The molecule has 0 aliphatic carbocycles. The molecule has 1 atom stereocenters. The monoisotopic (exact) mass is 422 g/mol. The van der Waals surface area contributed by atoms with Crippen LogP contribution >= 0.6 is 0 Å². The number of likely N-dealkylation sites (tertiary alicyclic amines) is 2. The number of nitrogens with zero attached hydrogens (tertiary/aromatic N) is 3. The van der Waals surface area contributed by atoms with Gasteiger partial charge in [-0.1, -0.05) is 0 Å². The van der Waals surface area contributed by atoms with Gasteiger partial charge in [0.25, 0.3) is 5.91 Å². The quantitative estimate of drug-likeness (QED) is 0.799. The average Bonchev–Trinajstić information content (AvgIpc) is 3.46. The molecule has 0 spiro atoms. The third-order valence-corrected chi connectivity index (χ3v) is 8.16. The number of hydrogen-bond acceptors (Lipinski definition) is 4. The summed E-state index contributed by atoms with van der Waals surface area (Å²) < 4.78 is 27.7. The largest absolute Gasteiger partial charge is 0.356 e. The van der Waals surface area contributed by atoms with Crippen LogP contribution in [0.15, 0.2) is 17.2 Å². The van der Waals surface area contributed by atoms with Gasteiger partial charge in [0.2, 0.25) is 15.9 Å². The Morgan fingerprint density at radius 3 is 2.28 bits per heavy atom. The number of carbonyl (C=O) groups is 2. The van der Waals surface area contributed by atoms with Gasteiger partial charge >= 0.3 is 0 Å². The first kappa shape index (κ1) is 20.4. The first-order valence-electron chi connectivity index (χ1n) is 10.7. The molecular weight excluding hydrogens is 392 g/mol. The SMILES string of the molecule is O=C(c1cc(S(=O)(=O)N2CCC[C@@H](C(=O)N3CCCCC3)C2)c[nH]1)N1CCCC1. The third kappa shape index (κ3) is 4.21. The Morgan fingerprint density at radius 1 is 0.897 bits per heavy atom. The van der Waals surface area contributed by atoms with Gasteiger partial charge in [-0.15, -0.1) is 0 Å². The summed E-state index contributed by atoms with van der Waals surface area (Å²) in [6.07, 6.45) is 7.97. The molecule has 1 N–H and O–H groups in total. The molecule has 0 saturated carbocycles. The van der Waals surface area contributed by atoms with Crippen LogP contribution < -0.4 is 0 Å². The molecule has 0 unspecified atom stereocenters. The van der Waals surface area contributed by atoms with Gasteiger partial charge in [0, 0.05) is 45.5 Å². The van der Waals surface area contributed by atoms with Crippen molar-refractivity contribution < 1.29 is 18.0 Å². The predicted octanol–water partition coefficient (Wildman–Crippen LogP) is 1.66. The van der Waals surface area contributed by atoms with E-state index in [1.807, 2.05) is 4.90 Å². The van der Waals surface area contributed by atoms with Crippen molar-refractivity contribution in [2.24, 2.45) is 5.92 Å². The van der Waals surface area contributed by atoms with Gasteiger partial charge in [0.15, 0.2) is 0 Å².